The van der Waals surface area contributed by atoms with Crippen molar-refractivity contribution in [3.63, 3.8) is 0 Å². The number of methoxy groups -OCH3 is 1. The zero-order chi connectivity index (χ0) is 15.5. The van der Waals surface area contributed by atoms with Gasteiger partial charge in [-0.1, -0.05) is 0 Å². The summed E-state index contributed by atoms with van der Waals surface area (Å²) in [4.78, 5) is 18.9. The lowest BCUT2D eigenvalue weighted by Gasteiger charge is -2.36. The minimum absolute atomic E-state index is 0.0838. The number of ether oxygens (including phenoxy) is 2. The average molecular weight is 301 g/mol. The van der Waals surface area contributed by atoms with Crippen LogP contribution in [0.15, 0.2) is 36.7 Å². The van der Waals surface area contributed by atoms with Crippen LogP contribution >= 0.6 is 0 Å². The third-order valence-corrected chi connectivity index (χ3v) is 3.91. The Balaban J connectivity index is 1.94. The van der Waals surface area contributed by atoms with Gasteiger partial charge in [0.05, 0.1) is 26.4 Å². The summed E-state index contributed by atoms with van der Waals surface area (Å²) in [5, 5.41) is 0. The van der Waals surface area contributed by atoms with E-state index < -0.39 is 0 Å². The summed E-state index contributed by atoms with van der Waals surface area (Å²) >= 11 is 0. The summed E-state index contributed by atoms with van der Waals surface area (Å²) in [6.07, 6.45) is 3.58. The fourth-order valence-corrected chi connectivity index (χ4v) is 2.78. The van der Waals surface area contributed by atoms with Gasteiger partial charge in [0.2, 0.25) is 5.88 Å². The number of carbonyl (C=O) groups excluding carboxylic acids is 1. The van der Waals surface area contributed by atoms with E-state index in [1.54, 1.807) is 18.3 Å². The maximum atomic E-state index is 12.9. The van der Waals surface area contributed by atoms with Crippen LogP contribution in [0.3, 0.4) is 0 Å². The minimum Gasteiger partial charge on any atom is -0.480 e. The smallest absolute Gasteiger partial charge is 0.260 e. The quantitative estimate of drug-likeness (QED) is 0.865. The summed E-state index contributed by atoms with van der Waals surface area (Å²) in [6, 6.07) is 7.36. The highest BCUT2D eigenvalue weighted by Crippen LogP contribution is 2.27. The highest BCUT2D eigenvalue weighted by Gasteiger charge is 2.32. The van der Waals surface area contributed by atoms with Crippen LogP contribution in [-0.2, 0) is 11.8 Å². The van der Waals surface area contributed by atoms with Gasteiger partial charge >= 0.3 is 0 Å². The molecule has 0 bridgehead atoms. The Morgan fingerprint density at radius 2 is 2.27 bits per heavy atom. The summed E-state index contributed by atoms with van der Waals surface area (Å²) in [6.45, 7) is 1.58. The maximum Gasteiger partial charge on any atom is 0.260 e. The molecule has 2 aromatic heterocycles. The molecule has 0 aromatic carbocycles. The van der Waals surface area contributed by atoms with E-state index in [9.17, 15) is 4.79 Å². The normalized spacial score (nSPS) is 18.3. The van der Waals surface area contributed by atoms with Crippen molar-refractivity contribution in [1.82, 2.24) is 14.5 Å². The van der Waals surface area contributed by atoms with Crippen LogP contribution in [0.1, 0.15) is 22.1 Å². The van der Waals surface area contributed by atoms with Crippen LogP contribution in [0.25, 0.3) is 0 Å². The van der Waals surface area contributed by atoms with Crippen molar-refractivity contribution in [2.75, 3.05) is 26.9 Å². The molecule has 3 rings (SSSR count). The van der Waals surface area contributed by atoms with Gasteiger partial charge in [-0.15, -0.1) is 0 Å². The van der Waals surface area contributed by atoms with Gasteiger partial charge in [0.1, 0.15) is 5.56 Å². The SMILES string of the molecule is COc1ncccc1C(=O)N1CCOC[C@H]1c1cccn1C. The average Bonchev–Trinajstić information content (AvgIpc) is 3.00. The number of hydrogen-bond acceptors (Lipinski definition) is 4. The van der Waals surface area contributed by atoms with Gasteiger partial charge in [-0.05, 0) is 24.3 Å². The zero-order valence-corrected chi connectivity index (χ0v) is 12.7. The van der Waals surface area contributed by atoms with Crippen LogP contribution in [0.2, 0.25) is 0 Å². The van der Waals surface area contributed by atoms with Crippen molar-refractivity contribution in [3.8, 4) is 5.88 Å². The molecule has 22 heavy (non-hydrogen) atoms. The van der Waals surface area contributed by atoms with Crippen LogP contribution in [0, 0.1) is 0 Å². The first-order chi connectivity index (χ1) is 10.7. The van der Waals surface area contributed by atoms with Gasteiger partial charge in [0, 0.05) is 31.7 Å². The third-order valence-electron chi connectivity index (χ3n) is 3.91. The van der Waals surface area contributed by atoms with Gasteiger partial charge in [-0.2, -0.15) is 0 Å². The number of morpholine rings is 1. The Kier molecular flexibility index (Phi) is 4.11. The second-order valence-corrected chi connectivity index (χ2v) is 5.19. The molecular weight excluding hydrogens is 282 g/mol. The largest absolute Gasteiger partial charge is 0.480 e. The Hall–Kier alpha value is -2.34. The molecule has 1 aliphatic heterocycles. The molecule has 0 spiro atoms. The zero-order valence-electron chi connectivity index (χ0n) is 12.7. The second-order valence-electron chi connectivity index (χ2n) is 5.19. The van der Waals surface area contributed by atoms with Crippen molar-refractivity contribution in [2.24, 2.45) is 7.05 Å². The molecule has 1 fully saturated rings. The molecule has 6 nitrogen and oxygen atoms in total. The highest BCUT2D eigenvalue weighted by molar-refractivity contribution is 5.96. The molecule has 0 unspecified atom stereocenters. The topological polar surface area (TPSA) is 56.6 Å². The van der Waals surface area contributed by atoms with Crippen molar-refractivity contribution in [3.05, 3.63) is 47.9 Å². The number of rotatable bonds is 3. The molecule has 6 heteroatoms. The molecule has 116 valence electrons. The summed E-state index contributed by atoms with van der Waals surface area (Å²) in [7, 11) is 3.49. The molecule has 0 saturated carbocycles. The lowest BCUT2D eigenvalue weighted by atomic mass is 10.1. The maximum absolute atomic E-state index is 12.9. The van der Waals surface area contributed by atoms with Gasteiger partial charge in [-0.25, -0.2) is 4.98 Å². The third kappa shape index (κ3) is 2.57. The highest BCUT2D eigenvalue weighted by atomic mass is 16.5. The number of amides is 1. The Morgan fingerprint density at radius 3 is 3.00 bits per heavy atom. The van der Waals surface area contributed by atoms with Gasteiger partial charge in [-0.3, -0.25) is 4.79 Å². The van der Waals surface area contributed by atoms with Gasteiger partial charge in [0.25, 0.3) is 5.91 Å². The van der Waals surface area contributed by atoms with E-state index in [1.807, 2.05) is 34.8 Å². The number of nitrogens with zero attached hydrogens (tertiary/aromatic N) is 3. The van der Waals surface area contributed by atoms with E-state index in [-0.39, 0.29) is 11.9 Å². The summed E-state index contributed by atoms with van der Waals surface area (Å²) in [5.41, 5.74) is 1.53. The molecular formula is C16H19N3O3. The summed E-state index contributed by atoms with van der Waals surface area (Å²) in [5.74, 6) is 0.268. The van der Waals surface area contributed by atoms with Crippen molar-refractivity contribution >= 4 is 5.91 Å². The van der Waals surface area contributed by atoms with E-state index in [2.05, 4.69) is 4.98 Å². The van der Waals surface area contributed by atoms with Crippen LogP contribution in [-0.4, -0.2) is 47.2 Å². The lowest BCUT2D eigenvalue weighted by Crippen LogP contribution is -2.44. The first-order valence-electron chi connectivity index (χ1n) is 7.21. The standard InChI is InChI=1S/C16H19N3O3/c1-18-8-4-6-13(18)14-11-22-10-9-19(14)16(20)12-5-3-7-17-15(12)21-2/h3-8,14H,9-11H2,1-2H3/t14-/m0/s1. The second kappa shape index (κ2) is 6.19. The fraction of sp³-hybridized carbons (Fsp3) is 0.375. The van der Waals surface area contributed by atoms with Crippen molar-refractivity contribution < 1.29 is 14.3 Å². The van der Waals surface area contributed by atoms with E-state index in [0.717, 1.165) is 5.69 Å². The van der Waals surface area contributed by atoms with Crippen LogP contribution in [0.4, 0.5) is 0 Å². The van der Waals surface area contributed by atoms with Gasteiger partial charge < -0.3 is 18.9 Å². The number of hydrogen-bond donors (Lipinski definition) is 0. The first-order valence-corrected chi connectivity index (χ1v) is 7.21. The monoisotopic (exact) mass is 301 g/mol. The van der Waals surface area contributed by atoms with Crippen molar-refractivity contribution in [2.45, 2.75) is 6.04 Å². The Bertz CT molecular complexity index is 668. The molecule has 1 atom stereocenters. The van der Waals surface area contributed by atoms with Crippen LogP contribution in [0.5, 0.6) is 5.88 Å². The van der Waals surface area contributed by atoms with E-state index >= 15 is 0 Å². The number of pyridine rings is 1. The van der Waals surface area contributed by atoms with E-state index in [4.69, 9.17) is 9.47 Å². The minimum atomic E-state index is -0.105. The molecule has 1 saturated heterocycles. The Labute approximate surface area is 129 Å². The molecule has 3 heterocycles. The molecule has 2 aromatic rings. The van der Waals surface area contributed by atoms with Crippen molar-refractivity contribution in [1.29, 1.82) is 0 Å². The molecule has 0 radical (unpaired) electrons. The number of aromatic nitrogens is 2. The molecule has 0 aliphatic carbocycles. The fourth-order valence-electron chi connectivity index (χ4n) is 2.78. The van der Waals surface area contributed by atoms with Crippen LogP contribution < -0.4 is 4.74 Å². The van der Waals surface area contributed by atoms with E-state index in [1.165, 1.54) is 7.11 Å². The predicted octanol–water partition coefficient (Wildman–Crippen LogP) is 1.64. The molecule has 0 N–H and O–H groups in total. The Morgan fingerprint density at radius 1 is 1.41 bits per heavy atom. The number of carbonyl (C=O) groups is 1. The number of aryl methyl sites for hydroxylation is 1. The summed E-state index contributed by atoms with van der Waals surface area (Å²) < 4.78 is 12.8. The van der Waals surface area contributed by atoms with E-state index in [0.29, 0.717) is 31.2 Å². The predicted molar refractivity (Wildman–Crippen MR) is 80.8 cm³/mol. The molecule has 1 amide bonds. The van der Waals surface area contributed by atoms with Gasteiger partial charge in [0.15, 0.2) is 0 Å². The lowest BCUT2D eigenvalue weighted by molar-refractivity contribution is -0.00481. The molecule has 1 aliphatic rings. The first kappa shape index (κ1) is 14.6.